The van der Waals surface area contributed by atoms with Gasteiger partial charge < -0.3 is 0 Å². The monoisotopic (exact) mass is 283 g/mol. The van der Waals surface area contributed by atoms with Gasteiger partial charge in [-0.15, -0.1) is 11.6 Å². The third kappa shape index (κ3) is 2.09. The zero-order chi connectivity index (χ0) is 10.7. The molecule has 0 aliphatic heterocycles. The number of alkyl halides is 3. The number of halogens is 4. The van der Waals surface area contributed by atoms with E-state index in [1.807, 2.05) is 0 Å². The lowest BCUT2D eigenvalue weighted by atomic mass is 10.1. The Kier molecular flexibility index (Phi) is 3.95. The van der Waals surface area contributed by atoms with Crippen LogP contribution in [0.1, 0.15) is 28.0 Å². The van der Waals surface area contributed by atoms with Gasteiger partial charge >= 0.3 is 0 Å². The average Bonchev–Trinajstić information content (AvgIpc) is 2.17. The average molecular weight is 284 g/mol. The molecule has 76 valence electrons. The van der Waals surface area contributed by atoms with Gasteiger partial charge in [-0.1, -0.05) is 0 Å². The maximum atomic E-state index is 12.4. The van der Waals surface area contributed by atoms with Crippen LogP contribution in [0.25, 0.3) is 0 Å². The smallest absolute Gasteiger partial charge is 0.266 e. The first kappa shape index (κ1) is 11.5. The molecule has 0 saturated carbocycles. The number of hydrogen-bond acceptors (Lipinski definition) is 2. The van der Waals surface area contributed by atoms with E-state index < -0.39 is 6.43 Å². The molecule has 0 bridgehead atoms. The van der Waals surface area contributed by atoms with Crippen LogP contribution in [0.4, 0.5) is 8.78 Å². The van der Waals surface area contributed by atoms with Gasteiger partial charge in [-0.2, -0.15) is 0 Å². The fourth-order valence-corrected chi connectivity index (χ4v) is 1.87. The van der Waals surface area contributed by atoms with Crippen LogP contribution in [-0.2, 0) is 5.88 Å². The number of carbonyl (C=O) groups excluding carboxylic acids is 1. The molecule has 0 saturated heterocycles. The number of pyridine rings is 1. The standard InChI is InChI=1S/C8H5BrClF2NO/c9-7-5(3-14)4(8(11)12)2-13-6(7)1-10/h2-3,8H,1H2. The zero-order valence-corrected chi connectivity index (χ0v) is 9.15. The van der Waals surface area contributed by atoms with Crippen molar-refractivity contribution in [3.8, 4) is 0 Å². The van der Waals surface area contributed by atoms with Gasteiger partial charge in [-0.25, -0.2) is 8.78 Å². The topological polar surface area (TPSA) is 30.0 Å². The molecule has 0 atom stereocenters. The van der Waals surface area contributed by atoms with Crippen molar-refractivity contribution in [3.05, 3.63) is 27.5 Å². The highest BCUT2D eigenvalue weighted by Gasteiger charge is 2.18. The first-order chi connectivity index (χ1) is 6.61. The minimum absolute atomic E-state index is 0.0605. The molecule has 1 heterocycles. The number of nitrogens with zero attached hydrogens (tertiary/aromatic N) is 1. The van der Waals surface area contributed by atoms with Crippen LogP contribution in [0.2, 0.25) is 0 Å². The molecule has 0 unspecified atom stereocenters. The quantitative estimate of drug-likeness (QED) is 0.629. The maximum Gasteiger partial charge on any atom is 0.266 e. The molecular formula is C8H5BrClF2NO. The second kappa shape index (κ2) is 4.79. The van der Waals surface area contributed by atoms with Gasteiger partial charge in [-0.3, -0.25) is 9.78 Å². The Morgan fingerprint density at radius 2 is 2.29 bits per heavy atom. The molecule has 1 rings (SSSR count). The molecule has 0 amide bonds. The minimum Gasteiger partial charge on any atom is -0.298 e. The molecule has 6 heteroatoms. The van der Waals surface area contributed by atoms with E-state index >= 15 is 0 Å². The lowest BCUT2D eigenvalue weighted by Gasteiger charge is -2.07. The summed E-state index contributed by atoms with van der Waals surface area (Å²) in [6, 6.07) is 0. The second-order valence-corrected chi connectivity index (χ2v) is 3.50. The summed E-state index contributed by atoms with van der Waals surface area (Å²) in [4.78, 5) is 14.3. The van der Waals surface area contributed by atoms with E-state index in [2.05, 4.69) is 20.9 Å². The molecular weight excluding hydrogens is 279 g/mol. The Labute approximate surface area is 92.4 Å². The third-order valence-electron chi connectivity index (χ3n) is 1.64. The minimum atomic E-state index is -2.72. The first-order valence-electron chi connectivity index (χ1n) is 3.58. The van der Waals surface area contributed by atoms with Gasteiger partial charge in [0.1, 0.15) is 0 Å². The highest BCUT2D eigenvalue weighted by molar-refractivity contribution is 9.10. The fourth-order valence-electron chi connectivity index (χ4n) is 0.943. The lowest BCUT2D eigenvalue weighted by Crippen LogP contribution is -2.00. The molecule has 14 heavy (non-hydrogen) atoms. The number of hydrogen-bond donors (Lipinski definition) is 0. The van der Waals surface area contributed by atoms with Crippen LogP contribution in [0.3, 0.4) is 0 Å². The third-order valence-corrected chi connectivity index (χ3v) is 2.78. The van der Waals surface area contributed by atoms with Gasteiger partial charge in [-0.05, 0) is 15.9 Å². The summed E-state index contributed by atoms with van der Waals surface area (Å²) in [5, 5.41) is 0. The summed E-state index contributed by atoms with van der Waals surface area (Å²) in [5.41, 5.74) is -0.107. The van der Waals surface area contributed by atoms with Crippen molar-refractivity contribution in [2.24, 2.45) is 0 Å². The van der Waals surface area contributed by atoms with Crippen molar-refractivity contribution < 1.29 is 13.6 Å². The van der Waals surface area contributed by atoms with Crippen molar-refractivity contribution in [2.45, 2.75) is 12.3 Å². The van der Waals surface area contributed by atoms with Crippen molar-refractivity contribution in [1.29, 1.82) is 0 Å². The van der Waals surface area contributed by atoms with Crippen molar-refractivity contribution in [3.63, 3.8) is 0 Å². The summed E-state index contributed by atoms with van der Waals surface area (Å²) in [5.74, 6) is 0.0605. The predicted molar refractivity (Wildman–Crippen MR) is 51.8 cm³/mol. The highest BCUT2D eigenvalue weighted by atomic mass is 79.9. The molecule has 0 aliphatic rings. The number of aromatic nitrogens is 1. The Morgan fingerprint density at radius 3 is 2.71 bits per heavy atom. The molecule has 0 aromatic carbocycles. The Bertz CT molecular complexity index is 359. The molecule has 0 spiro atoms. The summed E-state index contributed by atoms with van der Waals surface area (Å²) in [6.07, 6.45) is -1.39. The molecule has 0 aliphatic carbocycles. The maximum absolute atomic E-state index is 12.4. The molecule has 0 N–H and O–H groups in total. The van der Waals surface area contributed by atoms with E-state index in [9.17, 15) is 13.6 Å². The highest BCUT2D eigenvalue weighted by Crippen LogP contribution is 2.29. The molecule has 0 radical (unpaired) electrons. The lowest BCUT2D eigenvalue weighted by molar-refractivity contribution is 0.110. The Morgan fingerprint density at radius 1 is 1.64 bits per heavy atom. The van der Waals surface area contributed by atoms with E-state index in [1.54, 1.807) is 0 Å². The largest absolute Gasteiger partial charge is 0.298 e. The van der Waals surface area contributed by atoms with Gasteiger partial charge in [0.2, 0.25) is 0 Å². The predicted octanol–water partition coefficient (Wildman–Crippen LogP) is 3.33. The molecule has 1 aromatic rings. The zero-order valence-electron chi connectivity index (χ0n) is 6.81. The van der Waals surface area contributed by atoms with E-state index in [0.29, 0.717) is 12.0 Å². The van der Waals surface area contributed by atoms with E-state index in [0.717, 1.165) is 6.20 Å². The summed E-state index contributed by atoms with van der Waals surface area (Å²) in [7, 11) is 0. The van der Waals surface area contributed by atoms with Crippen LogP contribution in [0.5, 0.6) is 0 Å². The van der Waals surface area contributed by atoms with Crippen LogP contribution in [0.15, 0.2) is 10.7 Å². The summed E-state index contributed by atoms with van der Waals surface area (Å²) < 4.78 is 25.0. The number of aldehydes is 1. The summed E-state index contributed by atoms with van der Waals surface area (Å²) >= 11 is 8.51. The SMILES string of the molecule is O=Cc1c(C(F)F)cnc(CCl)c1Br. The van der Waals surface area contributed by atoms with Gasteiger partial charge in [0.15, 0.2) is 6.29 Å². The number of rotatable bonds is 3. The molecule has 0 fully saturated rings. The van der Waals surface area contributed by atoms with Crippen molar-refractivity contribution in [2.75, 3.05) is 0 Å². The Hall–Kier alpha value is -0.550. The van der Waals surface area contributed by atoms with E-state index in [-0.39, 0.29) is 21.5 Å². The first-order valence-corrected chi connectivity index (χ1v) is 4.91. The van der Waals surface area contributed by atoms with E-state index in [1.165, 1.54) is 0 Å². The summed E-state index contributed by atoms with van der Waals surface area (Å²) in [6.45, 7) is 0. The van der Waals surface area contributed by atoms with E-state index in [4.69, 9.17) is 11.6 Å². The van der Waals surface area contributed by atoms with Crippen LogP contribution in [0, 0.1) is 0 Å². The second-order valence-electron chi connectivity index (χ2n) is 2.44. The van der Waals surface area contributed by atoms with Gasteiger partial charge in [0.25, 0.3) is 6.43 Å². The van der Waals surface area contributed by atoms with Crippen LogP contribution >= 0.6 is 27.5 Å². The molecule has 1 aromatic heterocycles. The normalized spacial score (nSPS) is 10.6. The number of carbonyl (C=O) groups is 1. The Balaban J connectivity index is 3.35. The molecule has 2 nitrogen and oxygen atoms in total. The van der Waals surface area contributed by atoms with Crippen molar-refractivity contribution >= 4 is 33.8 Å². The van der Waals surface area contributed by atoms with Crippen molar-refractivity contribution in [1.82, 2.24) is 4.98 Å². The fraction of sp³-hybridized carbons (Fsp3) is 0.250. The van der Waals surface area contributed by atoms with Crippen LogP contribution in [-0.4, -0.2) is 11.3 Å². The van der Waals surface area contributed by atoms with Gasteiger partial charge in [0.05, 0.1) is 16.0 Å². The van der Waals surface area contributed by atoms with Gasteiger partial charge in [0, 0.05) is 17.3 Å². The van der Waals surface area contributed by atoms with Crippen LogP contribution < -0.4 is 0 Å².